The topological polar surface area (TPSA) is 116 Å². The van der Waals surface area contributed by atoms with E-state index in [1.54, 1.807) is 45.6 Å². The fourth-order valence-corrected chi connectivity index (χ4v) is 2.39. The summed E-state index contributed by atoms with van der Waals surface area (Å²) in [5.74, 6) is 2.30. The first kappa shape index (κ1) is 18.1. The van der Waals surface area contributed by atoms with Gasteiger partial charge in [0.1, 0.15) is 6.33 Å². The lowest BCUT2D eigenvalue weighted by atomic mass is 10.2. The molecule has 0 saturated carbocycles. The third kappa shape index (κ3) is 4.27. The highest BCUT2D eigenvalue weighted by atomic mass is 16.5. The minimum absolute atomic E-state index is 0.359. The van der Waals surface area contributed by atoms with E-state index >= 15 is 0 Å². The summed E-state index contributed by atoms with van der Waals surface area (Å²) < 4.78 is 16.0. The lowest BCUT2D eigenvalue weighted by molar-refractivity contribution is 0.324. The van der Waals surface area contributed by atoms with Crippen molar-refractivity contribution in [3.63, 3.8) is 0 Å². The van der Waals surface area contributed by atoms with Gasteiger partial charge in [-0.25, -0.2) is 9.97 Å². The van der Waals surface area contributed by atoms with Gasteiger partial charge in [0.15, 0.2) is 11.5 Å². The van der Waals surface area contributed by atoms with Crippen LogP contribution in [0.3, 0.4) is 0 Å². The van der Waals surface area contributed by atoms with Crippen LogP contribution < -0.4 is 30.6 Å². The number of nitrogens with one attached hydrogen (secondary N) is 2. The molecule has 1 heterocycles. The van der Waals surface area contributed by atoms with Crippen molar-refractivity contribution in [2.75, 3.05) is 37.7 Å². The molecular formula is C18H20N6O3. The summed E-state index contributed by atoms with van der Waals surface area (Å²) >= 11 is 0. The Balaban J connectivity index is 1.82. The van der Waals surface area contributed by atoms with Gasteiger partial charge in [-0.05, 0) is 24.3 Å². The fraction of sp³-hybridized carbons (Fsp3) is 0.167. The van der Waals surface area contributed by atoms with Crippen LogP contribution in [-0.2, 0) is 0 Å². The minimum Gasteiger partial charge on any atom is -0.493 e. The number of benzene rings is 2. The SMILES string of the molecule is COc1cc(Nc2ncnc(Nc3ccc(N)cc3)n2)cc(OC)c1OC. The van der Waals surface area contributed by atoms with E-state index in [1.807, 2.05) is 12.1 Å². The Hall–Kier alpha value is -3.75. The molecular weight excluding hydrogens is 348 g/mol. The van der Waals surface area contributed by atoms with E-state index in [1.165, 1.54) is 6.33 Å². The van der Waals surface area contributed by atoms with E-state index in [9.17, 15) is 0 Å². The molecule has 0 aliphatic heterocycles. The van der Waals surface area contributed by atoms with Crippen molar-refractivity contribution < 1.29 is 14.2 Å². The van der Waals surface area contributed by atoms with Gasteiger partial charge in [-0.2, -0.15) is 4.98 Å². The molecule has 2 aromatic carbocycles. The molecule has 0 aliphatic carbocycles. The van der Waals surface area contributed by atoms with Gasteiger partial charge >= 0.3 is 0 Å². The highest BCUT2D eigenvalue weighted by molar-refractivity contribution is 5.66. The van der Waals surface area contributed by atoms with E-state index < -0.39 is 0 Å². The number of anilines is 5. The smallest absolute Gasteiger partial charge is 0.232 e. The number of nitrogen functional groups attached to an aromatic ring is 1. The van der Waals surface area contributed by atoms with E-state index in [0.29, 0.717) is 40.5 Å². The molecule has 3 rings (SSSR count). The summed E-state index contributed by atoms with van der Waals surface area (Å²) in [4.78, 5) is 12.6. The number of methoxy groups -OCH3 is 3. The second-order valence-corrected chi connectivity index (χ2v) is 5.42. The molecule has 0 unspecified atom stereocenters. The third-order valence-electron chi connectivity index (χ3n) is 3.66. The maximum Gasteiger partial charge on any atom is 0.232 e. The van der Waals surface area contributed by atoms with Crippen molar-refractivity contribution in [1.29, 1.82) is 0 Å². The van der Waals surface area contributed by atoms with Crippen molar-refractivity contribution in [2.45, 2.75) is 0 Å². The summed E-state index contributed by atoms with van der Waals surface area (Å²) in [6.45, 7) is 0. The van der Waals surface area contributed by atoms with Gasteiger partial charge in [0, 0.05) is 29.2 Å². The molecule has 0 atom stereocenters. The normalized spacial score (nSPS) is 10.2. The zero-order valence-corrected chi connectivity index (χ0v) is 15.2. The Labute approximate surface area is 156 Å². The van der Waals surface area contributed by atoms with Crippen molar-refractivity contribution in [3.8, 4) is 17.2 Å². The van der Waals surface area contributed by atoms with Gasteiger partial charge in [-0.3, -0.25) is 0 Å². The van der Waals surface area contributed by atoms with Crippen LogP contribution in [-0.4, -0.2) is 36.3 Å². The molecule has 4 N–H and O–H groups in total. The van der Waals surface area contributed by atoms with E-state index in [0.717, 1.165) is 5.69 Å². The van der Waals surface area contributed by atoms with Crippen LogP contribution in [0.4, 0.5) is 29.0 Å². The number of rotatable bonds is 7. The molecule has 27 heavy (non-hydrogen) atoms. The Morgan fingerprint density at radius 3 is 1.85 bits per heavy atom. The average Bonchev–Trinajstić information content (AvgIpc) is 2.69. The van der Waals surface area contributed by atoms with Gasteiger partial charge in [-0.15, -0.1) is 0 Å². The molecule has 0 amide bonds. The number of nitrogens with two attached hydrogens (primary N) is 1. The first-order valence-corrected chi connectivity index (χ1v) is 8.01. The van der Waals surface area contributed by atoms with Gasteiger partial charge in [0.2, 0.25) is 17.6 Å². The Bertz CT molecular complexity index is 892. The molecule has 0 aliphatic rings. The quantitative estimate of drug-likeness (QED) is 0.541. The first-order valence-electron chi connectivity index (χ1n) is 8.01. The predicted molar refractivity (Wildman–Crippen MR) is 103 cm³/mol. The maximum absolute atomic E-state index is 5.69. The Morgan fingerprint density at radius 1 is 0.778 bits per heavy atom. The monoisotopic (exact) mass is 368 g/mol. The van der Waals surface area contributed by atoms with E-state index in [2.05, 4.69) is 25.6 Å². The molecule has 140 valence electrons. The maximum atomic E-state index is 5.69. The molecule has 9 heteroatoms. The van der Waals surface area contributed by atoms with Gasteiger partial charge < -0.3 is 30.6 Å². The fourth-order valence-electron chi connectivity index (χ4n) is 2.39. The third-order valence-corrected chi connectivity index (χ3v) is 3.66. The van der Waals surface area contributed by atoms with Crippen molar-refractivity contribution in [2.24, 2.45) is 0 Å². The molecule has 0 radical (unpaired) electrons. The van der Waals surface area contributed by atoms with Crippen LogP contribution in [0.15, 0.2) is 42.7 Å². The lowest BCUT2D eigenvalue weighted by Crippen LogP contribution is -2.03. The molecule has 0 spiro atoms. The Kier molecular flexibility index (Phi) is 5.41. The zero-order chi connectivity index (χ0) is 19.2. The number of nitrogens with zero attached hydrogens (tertiary/aromatic N) is 3. The average molecular weight is 368 g/mol. The first-order chi connectivity index (χ1) is 13.1. The van der Waals surface area contributed by atoms with Crippen LogP contribution in [0.2, 0.25) is 0 Å². The second kappa shape index (κ2) is 8.09. The Morgan fingerprint density at radius 2 is 1.33 bits per heavy atom. The van der Waals surface area contributed by atoms with Gasteiger partial charge in [0.25, 0.3) is 0 Å². The van der Waals surface area contributed by atoms with Gasteiger partial charge in [0.05, 0.1) is 21.3 Å². The molecule has 0 fully saturated rings. The summed E-state index contributed by atoms with van der Waals surface area (Å²) in [5.41, 5.74) is 7.86. The van der Waals surface area contributed by atoms with Crippen LogP contribution in [0.25, 0.3) is 0 Å². The zero-order valence-electron chi connectivity index (χ0n) is 15.2. The summed E-state index contributed by atoms with van der Waals surface area (Å²) in [7, 11) is 4.66. The standard InChI is InChI=1S/C18H20N6O3/c1-25-14-8-13(9-15(26-2)16(14)27-3)23-18-21-10-20-17(24-18)22-12-6-4-11(19)5-7-12/h4-10H,19H2,1-3H3,(H2,20,21,22,23,24). The van der Waals surface area contributed by atoms with Crippen molar-refractivity contribution in [1.82, 2.24) is 15.0 Å². The number of aromatic nitrogens is 3. The van der Waals surface area contributed by atoms with E-state index in [4.69, 9.17) is 19.9 Å². The van der Waals surface area contributed by atoms with Crippen molar-refractivity contribution in [3.05, 3.63) is 42.7 Å². The summed E-state index contributed by atoms with van der Waals surface area (Å²) in [5, 5.41) is 6.20. The highest BCUT2D eigenvalue weighted by Crippen LogP contribution is 2.40. The van der Waals surface area contributed by atoms with Crippen LogP contribution >= 0.6 is 0 Å². The highest BCUT2D eigenvalue weighted by Gasteiger charge is 2.14. The molecule has 9 nitrogen and oxygen atoms in total. The number of hydrogen-bond acceptors (Lipinski definition) is 9. The van der Waals surface area contributed by atoms with Gasteiger partial charge in [-0.1, -0.05) is 0 Å². The largest absolute Gasteiger partial charge is 0.493 e. The summed E-state index contributed by atoms with van der Waals surface area (Å²) in [6.07, 6.45) is 1.41. The van der Waals surface area contributed by atoms with Crippen LogP contribution in [0.5, 0.6) is 17.2 Å². The lowest BCUT2D eigenvalue weighted by Gasteiger charge is -2.14. The van der Waals surface area contributed by atoms with E-state index in [-0.39, 0.29) is 0 Å². The van der Waals surface area contributed by atoms with Crippen molar-refractivity contribution >= 4 is 29.0 Å². The second-order valence-electron chi connectivity index (χ2n) is 5.42. The van der Waals surface area contributed by atoms with Crippen LogP contribution in [0.1, 0.15) is 0 Å². The molecule has 0 bridgehead atoms. The predicted octanol–water partition coefficient (Wildman–Crippen LogP) is 2.97. The number of ether oxygens (including phenoxy) is 3. The molecule has 1 aromatic heterocycles. The van der Waals surface area contributed by atoms with Crippen LogP contribution in [0, 0.1) is 0 Å². The summed E-state index contributed by atoms with van der Waals surface area (Å²) in [6, 6.07) is 10.8. The minimum atomic E-state index is 0.359. The molecule has 0 saturated heterocycles. The number of hydrogen-bond donors (Lipinski definition) is 3. The molecule has 3 aromatic rings.